The van der Waals surface area contributed by atoms with Gasteiger partial charge in [0.1, 0.15) is 5.82 Å². The third kappa shape index (κ3) is 3.66. The number of nitrogens with zero attached hydrogens (tertiary/aromatic N) is 1. The zero-order valence-corrected chi connectivity index (χ0v) is 10.1. The summed E-state index contributed by atoms with van der Waals surface area (Å²) in [7, 11) is 0. The Bertz CT molecular complexity index is 439. The van der Waals surface area contributed by atoms with Gasteiger partial charge in [0.25, 0.3) is 0 Å². The normalized spacial score (nSPS) is 20.1. The molecule has 1 aromatic rings. The number of alkyl halides is 3. The van der Waals surface area contributed by atoms with Gasteiger partial charge in [-0.15, -0.1) is 0 Å². The van der Waals surface area contributed by atoms with Gasteiger partial charge in [-0.3, -0.25) is 4.79 Å². The van der Waals surface area contributed by atoms with E-state index >= 15 is 0 Å². The van der Waals surface area contributed by atoms with E-state index in [1.165, 1.54) is 0 Å². The number of carbonyl (C=O) groups excluding carboxylic acids is 1. The molecule has 4 nitrogen and oxygen atoms in total. The molecule has 1 saturated heterocycles. The number of nitrogens with one attached hydrogen (secondary N) is 2. The maximum atomic E-state index is 12.3. The van der Waals surface area contributed by atoms with E-state index in [1.807, 2.05) is 0 Å². The molecule has 0 bridgehead atoms. The molecule has 0 aromatic carbocycles. The fraction of sp³-hybridized carbons (Fsp3) is 0.500. The molecule has 0 aliphatic carbocycles. The highest BCUT2D eigenvalue weighted by molar-refractivity contribution is 5.94. The molecular weight excluding hydrogens is 259 g/mol. The molecule has 0 saturated carbocycles. The maximum absolute atomic E-state index is 12.3. The SMILES string of the molecule is O=C(Nc1ccc(C(F)(F)F)cn1)[C@@H]1CCCCN1. The van der Waals surface area contributed by atoms with Crippen LogP contribution in [0.4, 0.5) is 19.0 Å². The number of anilines is 1. The number of hydrogen-bond donors (Lipinski definition) is 2. The highest BCUT2D eigenvalue weighted by Gasteiger charge is 2.30. The zero-order valence-electron chi connectivity index (χ0n) is 10.1. The Hall–Kier alpha value is -1.63. The molecule has 2 heterocycles. The Morgan fingerprint density at radius 2 is 2.16 bits per heavy atom. The minimum Gasteiger partial charge on any atom is -0.309 e. The van der Waals surface area contributed by atoms with Crippen molar-refractivity contribution in [2.75, 3.05) is 11.9 Å². The smallest absolute Gasteiger partial charge is 0.309 e. The fourth-order valence-electron chi connectivity index (χ4n) is 1.92. The van der Waals surface area contributed by atoms with E-state index in [2.05, 4.69) is 15.6 Å². The average Bonchev–Trinajstić information content (AvgIpc) is 2.39. The molecule has 0 spiro atoms. The molecule has 1 fully saturated rings. The van der Waals surface area contributed by atoms with Gasteiger partial charge in [0, 0.05) is 6.20 Å². The van der Waals surface area contributed by atoms with Crippen LogP contribution in [-0.4, -0.2) is 23.5 Å². The Morgan fingerprint density at radius 1 is 1.37 bits per heavy atom. The van der Waals surface area contributed by atoms with Crippen LogP contribution in [0.25, 0.3) is 0 Å². The van der Waals surface area contributed by atoms with E-state index in [4.69, 9.17) is 0 Å². The maximum Gasteiger partial charge on any atom is 0.417 e. The Labute approximate surface area is 108 Å². The number of halogens is 3. The Morgan fingerprint density at radius 3 is 2.68 bits per heavy atom. The number of hydrogen-bond acceptors (Lipinski definition) is 3. The lowest BCUT2D eigenvalue weighted by molar-refractivity contribution is -0.137. The van der Waals surface area contributed by atoms with Gasteiger partial charge in [-0.25, -0.2) is 4.98 Å². The summed E-state index contributed by atoms with van der Waals surface area (Å²) >= 11 is 0. The van der Waals surface area contributed by atoms with Crippen molar-refractivity contribution in [2.45, 2.75) is 31.5 Å². The number of rotatable bonds is 2. The summed E-state index contributed by atoms with van der Waals surface area (Å²) in [6.07, 6.45) is -0.981. The molecule has 1 aromatic heterocycles. The van der Waals surface area contributed by atoms with Gasteiger partial charge >= 0.3 is 6.18 Å². The molecule has 1 aliphatic heterocycles. The number of amides is 1. The van der Waals surface area contributed by atoms with E-state index in [0.29, 0.717) is 6.20 Å². The molecule has 7 heteroatoms. The van der Waals surface area contributed by atoms with Gasteiger partial charge in [0.05, 0.1) is 11.6 Å². The highest BCUT2D eigenvalue weighted by atomic mass is 19.4. The first-order valence-electron chi connectivity index (χ1n) is 6.04. The van der Waals surface area contributed by atoms with Crippen LogP contribution in [0.15, 0.2) is 18.3 Å². The van der Waals surface area contributed by atoms with Crippen molar-refractivity contribution >= 4 is 11.7 Å². The lowest BCUT2D eigenvalue weighted by Crippen LogP contribution is -2.43. The van der Waals surface area contributed by atoms with Gasteiger partial charge < -0.3 is 10.6 Å². The first-order valence-corrected chi connectivity index (χ1v) is 6.04. The lowest BCUT2D eigenvalue weighted by atomic mass is 10.0. The van der Waals surface area contributed by atoms with Gasteiger partial charge in [-0.05, 0) is 31.5 Å². The molecule has 1 atom stereocenters. The summed E-state index contributed by atoms with van der Waals surface area (Å²) in [5.74, 6) is -0.127. The van der Waals surface area contributed by atoms with E-state index < -0.39 is 11.7 Å². The van der Waals surface area contributed by atoms with Crippen molar-refractivity contribution < 1.29 is 18.0 Å². The third-order valence-corrected chi connectivity index (χ3v) is 2.97. The summed E-state index contributed by atoms with van der Waals surface area (Å²) < 4.78 is 37.0. The molecule has 1 aliphatic rings. The summed E-state index contributed by atoms with van der Waals surface area (Å²) in [6.45, 7) is 0.776. The Balaban J connectivity index is 1.97. The van der Waals surface area contributed by atoms with Gasteiger partial charge in [0.2, 0.25) is 5.91 Å². The van der Waals surface area contributed by atoms with Crippen molar-refractivity contribution in [1.29, 1.82) is 0 Å². The van der Waals surface area contributed by atoms with Gasteiger partial charge in [-0.1, -0.05) is 6.42 Å². The van der Waals surface area contributed by atoms with Crippen molar-refractivity contribution in [3.05, 3.63) is 23.9 Å². The monoisotopic (exact) mass is 273 g/mol. The van der Waals surface area contributed by atoms with Crippen LogP contribution in [0.3, 0.4) is 0 Å². The number of piperidine rings is 1. The first kappa shape index (κ1) is 13.8. The van der Waals surface area contributed by atoms with Crippen molar-refractivity contribution in [3.63, 3.8) is 0 Å². The van der Waals surface area contributed by atoms with E-state index in [9.17, 15) is 18.0 Å². The van der Waals surface area contributed by atoms with E-state index in [-0.39, 0.29) is 17.8 Å². The zero-order chi connectivity index (χ0) is 13.9. The predicted molar refractivity (Wildman–Crippen MR) is 63.5 cm³/mol. The van der Waals surface area contributed by atoms with Crippen molar-refractivity contribution in [3.8, 4) is 0 Å². The number of pyridine rings is 1. The van der Waals surface area contributed by atoms with Crippen LogP contribution in [0, 0.1) is 0 Å². The molecule has 0 radical (unpaired) electrons. The minimum atomic E-state index is -4.42. The summed E-state index contributed by atoms with van der Waals surface area (Å²) in [5.41, 5.74) is -0.832. The predicted octanol–water partition coefficient (Wildman–Crippen LogP) is 2.18. The molecule has 2 N–H and O–H groups in total. The summed E-state index contributed by atoms with van der Waals surface area (Å²) in [4.78, 5) is 15.4. The molecule has 0 unspecified atom stereocenters. The van der Waals surface area contributed by atoms with Crippen molar-refractivity contribution in [2.24, 2.45) is 0 Å². The average molecular weight is 273 g/mol. The van der Waals surface area contributed by atoms with Crippen LogP contribution in [0.2, 0.25) is 0 Å². The molecule has 104 valence electrons. The topological polar surface area (TPSA) is 54.0 Å². The van der Waals surface area contributed by atoms with Crippen LogP contribution in [0.5, 0.6) is 0 Å². The van der Waals surface area contributed by atoms with Crippen LogP contribution < -0.4 is 10.6 Å². The largest absolute Gasteiger partial charge is 0.417 e. The standard InChI is InChI=1S/C12H14F3N3O/c13-12(14,15)8-4-5-10(17-7-8)18-11(19)9-3-1-2-6-16-9/h4-5,7,9,16H,1-3,6H2,(H,17,18,19)/t9-/m0/s1. The number of aromatic nitrogens is 1. The second-order valence-electron chi connectivity index (χ2n) is 4.42. The third-order valence-electron chi connectivity index (χ3n) is 2.97. The van der Waals surface area contributed by atoms with Gasteiger partial charge in [-0.2, -0.15) is 13.2 Å². The quantitative estimate of drug-likeness (QED) is 0.868. The minimum absolute atomic E-state index is 0.130. The molecular formula is C12H14F3N3O. The van der Waals surface area contributed by atoms with Gasteiger partial charge in [0.15, 0.2) is 0 Å². The number of carbonyl (C=O) groups is 1. The second-order valence-corrected chi connectivity index (χ2v) is 4.42. The second kappa shape index (κ2) is 5.56. The van der Waals surface area contributed by atoms with E-state index in [1.54, 1.807) is 0 Å². The van der Waals surface area contributed by atoms with Crippen molar-refractivity contribution in [1.82, 2.24) is 10.3 Å². The molecule has 19 heavy (non-hydrogen) atoms. The van der Waals surface area contributed by atoms with Crippen LogP contribution >= 0.6 is 0 Å². The molecule has 2 rings (SSSR count). The van der Waals surface area contributed by atoms with E-state index in [0.717, 1.165) is 37.9 Å². The summed E-state index contributed by atoms with van der Waals surface area (Å²) in [5, 5.41) is 5.57. The first-order chi connectivity index (χ1) is 8.97. The van der Waals surface area contributed by atoms with Crippen LogP contribution in [0.1, 0.15) is 24.8 Å². The fourth-order valence-corrected chi connectivity index (χ4v) is 1.92. The van der Waals surface area contributed by atoms with Crippen LogP contribution in [-0.2, 0) is 11.0 Å². The summed E-state index contributed by atoms with van der Waals surface area (Å²) in [6, 6.07) is 1.76. The Kier molecular flexibility index (Phi) is 4.04. The highest BCUT2D eigenvalue weighted by Crippen LogP contribution is 2.28. The lowest BCUT2D eigenvalue weighted by Gasteiger charge is -2.22. The molecule has 1 amide bonds.